The number of halogens is 2. The van der Waals surface area contributed by atoms with Crippen molar-refractivity contribution in [2.24, 2.45) is 11.8 Å². The zero-order valence-electron chi connectivity index (χ0n) is 19.4. The topological polar surface area (TPSA) is 78.8 Å². The molecular formula is C25H34BClFNO4. The van der Waals surface area contributed by atoms with E-state index in [0.717, 1.165) is 11.1 Å². The zero-order valence-corrected chi connectivity index (χ0v) is 20.2. The average molecular weight is 478 g/mol. The number of carbonyl (C=O) groups is 1. The highest BCUT2D eigenvalue weighted by molar-refractivity contribution is 6.48. The molecule has 0 heterocycles. The summed E-state index contributed by atoms with van der Waals surface area (Å²) in [5.74, 6) is -0.860. The first-order chi connectivity index (χ1) is 15.8. The molecule has 180 valence electrons. The van der Waals surface area contributed by atoms with Crippen LogP contribution in [-0.4, -0.2) is 49.3 Å². The van der Waals surface area contributed by atoms with Gasteiger partial charge in [0.2, 0.25) is 0 Å². The van der Waals surface area contributed by atoms with Crippen molar-refractivity contribution < 1.29 is 24.1 Å². The molecule has 2 atom stereocenters. The molecule has 0 spiro atoms. The second kappa shape index (κ2) is 14.4. The lowest BCUT2D eigenvalue weighted by atomic mass is 9.62. The summed E-state index contributed by atoms with van der Waals surface area (Å²) >= 11 is 6.02. The van der Waals surface area contributed by atoms with E-state index in [0.29, 0.717) is 55.9 Å². The van der Waals surface area contributed by atoms with Gasteiger partial charge in [-0.05, 0) is 74.3 Å². The van der Waals surface area contributed by atoms with Crippen LogP contribution in [0.15, 0.2) is 42.5 Å². The van der Waals surface area contributed by atoms with Crippen LogP contribution in [-0.2, 0) is 16.0 Å². The molecule has 0 fully saturated rings. The molecule has 0 bridgehead atoms. The van der Waals surface area contributed by atoms with Crippen LogP contribution in [0.1, 0.15) is 25.3 Å². The van der Waals surface area contributed by atoms with E-state index in [4.69, 9.17) is 21.4 Å². The molecule has 0 amide bonds. The van der Waals surface area contributed by atoms with Crippen LogP contribution >= 0.6 is 11.6 Å². The van der Waals surface area contributed by atoms with Gasteiger partial charge in [0.1, 0.15) is 5.82 Å². The average Bonchev–Trinajstić information content (AvgIpc) is 2.77. The van der Waals surface area contributed by atoms with Crippen molar-refractivity contribution in [3.8, 4) is 11.1 Å². The van der Waals surface area contributed by atoms with Crippen LogP contribution < -0.4 is 5.32 Å². The molecule has 2 rings (SSSR count). The van der Waals surface area contributed by atoms with E-state index in [1.165, 1.54) is 12.1 Å². The molecule has 2 aromatic rings. The lowest BCUT2D eigenvalue weighted by Crippen LogP contribution is -2.33. The number of rotatable bonds is 14. The molecule has 0 saturated carbocycles. The summed E-state index contributed by atoms with van der Waals surface area (Å²) in [7, 11) is 0. The molecule has 8 heteroatoms. The van der Waals surface area contributed by atoms with E-state index in [2.05, 4.69) is 5.32 Å². The number of esters is 1. The molecule has 3 N–H and O–H groups in total. The number of hydrogen-bond donors (Lipinski definition) is 3. The third kappa shape index (κ3) is 9.45. The van der Waals surface area contributed by atoms with Gasteiger partial charge in [-0.2, -0.15) is 0 Å². The van der Waals surface area contributed by atoms with Gasteiger partial charge in [0.25, 0.3) is 6.92 Å². The third-order valence-corrected chi connectivity index (χ3v) is 5.77. The minimum atomic E-state index is -0.500. The van der Waals surface area contributed by atoms with Crippen molar-refractivity contribution in [3.05, 3.63) is 58.9 Å². The molecule has 0 aromatic heterocycles. The van der Waals surface area contributed by atoms with Crippen LogP contribution in [0.5, 0.6) is 0 Å². The Kier molecular flexibility index (Phi) is 11.9. The minimum Gasteiger partial charge on any atom is -0.466 e. The second-order valence-corrected chi connectivity index (χ2v) is 8.88. The molecule has 5 nitrogen and oxygen atoms in total. The number of aliphatic hydroxyl groups excluding tert-OH is 1. The van der Waals surface area contributed by atoms with Gasteiger partial charge in [0.15, 0.2) is 0 Å². The number of hydrogen-bond acceptors (Lipinski definition) is 5. The Morgan fingerprint density at radius 3 is 2.61 bits per heavy atom. The first-order valence-corrected chi connectivity index (χ1v) is 11.9. The molecule has 2 aromatic carbocycles. The zero-order chi connectivity index (χ0) is 24.2. The SMILES string of the molecule is CCOC(=O)[C@H](CNCCCO)C[C@H](CB(C)O)Cc1ccc(-c2cc(Cl)ccc2F)cc1. The Balaban J connectivity index is 2.12. The monoisotopic (exact) mass is 477 g/mol. The van der Waals surface area contributed by atoms with Crippen LogP contribution in [0.4, 0.5) is 4.39 Å². The Morgan fingerprint density at radius 2 is 1.97 bits per heavy atom. The Morgan fingerprint density at radius 1 is 1.24 bits per heavy atom. The molecule has 0 aliphatic rings. The largest absolute Gasteiger partial charge is 0.466 e. The highest BCUT2D eigenvalue weighted by Gasteiger charge is 2.26. The van der Waals surface area contributed by atoms with Crippen molar-refractivity contribution >= 4 is 24.5 Å². The van der Waals surface area contributed by atoms with Gasteiger partial charge < -0.3 is 20.2 Å². The maximum atomic E-state index is 14.2. The predicted molar refractivity (Wildman–Crippen MR) is 132 cm³/mol. The fourth-order valence-corrected chi connectivity index (χ4v) is 4.20. The van der Waals surface area contributed by atoms with Crippen molar-refractivity contribution in [1.82, 2.24) is 5.32 Å². The van der Waals surface area contributed by atoms with E-state index < -0.39 is 6.92 Å². The molecule has 0 radical (unpaired) electrons. The van der Waals surface area contributed by atoms with Crippen molar-refractivity contribution in [1.29, 1.82) is 0 Å². The summed E-state index contributed by atoms with van der Waals surface area (Å²) in [6.07, 6.45) is 2.42. The molecular weight excluding hydrogens is 444 g/mol. The fraction of sp³-hybridized carbons (Fsp3) is 0.480. The van der Waals surface area contributed by atoms with Crippen molar-refractivity contribution in [2.45, 2.75) is 39.3 Å². The summed E-state index contributed by atoms with van der Waals surface area (Å²) in [5, 5.41) is 22.7. The molecule has 0 unspecified atom stereocenters. The van der Waals surface area contributed by atoms with Gasteiger partial charge in [-0.1, -0.05) is 42.7 Å². The lowest BCUT2D eigenvalue weighted by molar-refractivity contribution is -0.148. The quantitative estimate of drug-likeness (QED) is 0.213. The van der Waals surface area contributed by atoms with Gasteiger partial charge in [-0.3, -0.25) is 4.79 Å². The number of benzene rings is 2. The lowest BCUT2D eigenvalue weighted by Gasteiger charge is -2.23. The number of nitrogens with one attached hydrogen (secondary N) is 1. The highest BCUT2D eigenvalue weighted by Crippen LogP contribution is 2.28. The van der Waals surface area contributed by atoms with Gasteiger partial charge in [0, 0.05) is 23.7 Å². The first-order valence-electron chi connectivity index (χ1n) is 11.5. The highest BCUT2D eigenvalue weighted by atomic mass is 35.5. The van der Waals surface area contributed by atoms with E-state index in [9.17, 15) is 14.2 Å². The number of ether oxygens (including phenoxy) is 1. The Bertz CT molecular complexity index is 866. The number of carbonyl (C=O) groups excluding carboxylic acids is 1. The third-order valence-electron chi connectivity index (χ3n) is 5.53. The summed E-state index contributed by atoms with van der Waals surface area (Å²) in [4.78, 5) is 12.5. The molecule has 0 aliphatic heterocycles. The van der Waals surface area contributed by atoms with Gasteiger partial charge in [-0.15, -0.1) is 0 Å². The minimum absolute atomic E-state index is 0.0628. The molecule has 0 aliphatic carbocycles. The maximum absolute atomic E-state index is 14.2. The number of aliphatic hydroxyl groups is 1. The first kappa shape index (κ1) is 27.3. The summed E-state index contributed by atoms with van der Waals surface area (Å²) < 4.78 is 19.5. The van der Waals surface area contributed by atoms with E-state index in [-0.39, 0.29) is 30.2 Å². The van der Waals surface area contributed by atoms with E-state index in [1.54, 1.807) is 19.8 Å². The molecule has 33 heavy (non-hydrogen) atoms. The summed E-state index contributed by atoms with van der Waals surface area (Å²) in [6.45, 7) is 4.52. The van der Waals surface area contributed by atoms with Gasteiger partial charge in [-0.25, -0.2) is 4.39 Å². The fourth-order valence-electron chi connectivity index (χ4n) is 4.02. The van der Waals surface area contributed by atoms with Crippen LogP contribution in [0, 0.1) is 17.7 Å². The van der Waals surface area contributed by atoms with E-state index in [1.807, 2.05) is 24.3 Å². The Labute approximate surface area is 201 Å². The standard InChI is InChI=1S/C25H34BClFNO4/c1-3-33-25(31)21(17-29-11-4-12-30)14-19(16-26(2)32)13-18-5-7-20(8-6-18)23-15-22(27)9-10-24(23)28/h5-10,15,19,21,29-30,32H,3-4,11-14,16-17H2,1-2H3/t19-,21+/m1/s1. The van der Waals surface area contributed by atoms with Crippen molar-refractivity contribution in [2.75, 3.05) is 26.3 Å². The van der Waals surface area contributed by atoms with Crippen LogP contribution in [0.25, 0.3) is 11.1 Å². The maximum Gasteiger partial charge on any atom is 0.310 e. The summed E-state index contributed by atoms with van der Waals surface area (Å²) in [5.41, 5.74) is 2.23. The second-order valence-electron chi connectivity index (χ2n) is 8.44. The van der Waals surface area contributed by atoms with Crippen LogP contribution in [0.3, 0.4) is 0 Å². The smallest absolute Gasteiger partial charge is 0.310 e. The normalized spacial score (nSPS) is 12.9. The van der Waals surface area contributed by atoms with Gasteiger partial charge >= 0.3 is 5.97 Å². The van der Waals surface area contributed by atoms with E-state index >= 15 is 0 Å². The summed E-state index contributed by atoms with van der Waals surface area (Å²) in [6, 6.07) is 12.1. The predicted octanol–water partition coefficient (Wildman–Crippen LogP) is 4.46. The molecule has 0 saturated heterocycles. The van der Waals surface area contributed by atoms with Crippen molar-refractivity contribution in [3.63, 3.8) is 0 Å². The van der Waals surface area contributed by atoms with Gasteiger partial charge in [0.05, 0.1) is 12.5 Å². The van der Waals surface area contributed by atoms with Crippen LogP contribution in [0.2, 0.25) is 18.2 Å². The Hall–Kier alpha value is -1.93.